The molecule has 0 aliphatic rings. The molecule has 0 aliphatic heterocycles. The van der Waals surface area contributed by atoms with Gasteiger partial charge in [-0.25, -0.2) is 17.8 Å². The standard InChI is InChI=1S/C20H25F4N3O4S/c1-3-30-13-17(31-18-9-8-16(21)11-26-18)12-25-10-14-4-6-15(7-5-14)19(20(22,23)24)27-32(2,28)29/h4-9,11,17,19,25,27H,3,10,12-13H2,1-2H3/t17-,19-/m0/s1. The first-order chi connectivity index (χ1) is 15.0. The number of alkyl halides is 3. The van der Waals surface area contributed by atoms with Gasteiger partial charge in [-0.1, -0.05) is 24.3 Å². The first kappa shape index (κ1) is 26.0. The number of benzene rings is 1. The molecule has 0 saturated carbocycles. The third-order valence-electron chi connectivity index (χ3n) is 4.17. The summed E-state index contributed by atoms with van der Waals surface area (Å²) in [4.78, 5) is 3.84. The third-order valence-corrected chi connectivity index (χ3v) is 4.83. The maximum absolute atomic E-state index is 13.2. The van der Waals surface area contributed by atoms with Crippen molar-refractivity contribution in [2.24, 2.45) is 0 Å². The molecule has 0 saturated heterocycles. The van der Waals surface area contributed by atoms with Crippen LogP contribution in [0.1, 0.15) is 24.1 Å². The van der Waals surface area contributed by atoms with Crippen LogP contribution in [0.15, 0.2) is 42.6 Å². The Labute approximate surface area is 184 Å². The monoisotopic (exact) mass is 479 g/mol. The van der Waals surface area contributed by atoms with Crippen LogP contribution in [0.25, 0.3) is 0 Å². The van der Waals surface area contributed by atoms with Gasteiger partial charge in [-0.15, -0.1) is 0 Å². The number of rotatable bonds is 12. The average molecular weight is 479 g/mol. The van der Waals surface area contributed by atoms with Gasteiger partial charge >= 0.3 is 6.18 Å². The summed E-state index contributed by atoms with van der Waals surface area (Å²) in [5, 5.41) is 3.12. The molecular weight excluding hydrogens is 454 g/mol. The third kappa shape index (κ3) is 9.07. The molecule has 0 bridgehead atoms. The zero-order valence-corrected chi connectivity index (χ0v) is 18.3. The van der Waals surface area contributed by atoms with Crippen LogP contribution in [0, 0.1) is 5.82 Å². The molecule has 1 heterocycles. The van der Waals surface area contributed by atoms with Crippen molar-refractivity contribution < 1.29 is 35.5 Å². The van der Waals surface area contributed by atoms with E-state index in [0.717, 1.165) is 6.20 Å². The minimum absolute atomic E-state index is 0.216. The van der Waals surface area contributed by atoms with E-state index < -0.39 is 34.2 Å². The van der Waals surface area contributed by atoms with Gasteiger partial charge in [0.15, 0.2) is 0 Å². The van der Waals surface area contributed by atoms with Crippen LogP contribution in [0.2, 0.25) is 0 Å². The maximum atomic E-state index is 13.2. The Hall–Kier alpha value is -2.28. The fourth-order valence-corrected chi connectivity index (χ4v) is 3.43. The topological polar surface area (TPSA) is 89.6 Å². The first-order valence-electron chi connectivity index (χ1n) is 9.67. The molecule has 0 fully saturated rings. The molecule has 1 aromatic carbocycles. The van der Waals surface area contributed by atoms with E-state index in [0.29, 0.717) is 31.5 Å². The van der Waals surface area contributed by atoms with Crippen LogP contribution in [0.3, 0.4) is 0 Å². The normalized spacial score (nSPS) is 14.2. The summed E-state index contributed by atoms with van der Waals surface area (Å²) in [6, 6.07) is 5.70. The Morgan fingerprint density at radius 1 is 1.12 bits per heavy atom. The molecule has 0 amide bonds. The number of hydrogen-bond donors (Lipinski definition) is 2. The molecule has 0 spiro atoms. The van der Waals surface area contributed by atoms with E-state index in [1.54, 1.807) is 4.72 Å². The van der Waals surface area contributed by atoms with Crippen LogP contribution in [0.5, 0.6) is 5.88 Å². The Kier molecular flexibility index (Phi) is 9.37. The Balaban J connectivity index is 1.97. The quantitative estimate of drug-likeness (QED) is 0.455. The van der Waals surface area contributed by atoms with E-state index in [4.69, 9.17) is 9.47 Å². The minimum Gasteiger partial charge on any atom is -0.471 e. The Bertz CT molecular complexity index is 939. The smallest absolute Gasteiger partial charge is 0.408 e. The molecule has 2 aromatic rings. The highest BCUT2D eigenvalue weighted by molar-refractivity contribution is 7.88. The molecule has 0 radical (unpaired) electrons. The summed E-state index contributed by atoms with van der Waals surface area (Å²) in [5.41, 5.74) is 0.468. The van der Waals surface area contributed by atoms with Gasteiger partial charge in [-0.3, -0.25) is 0 Å². The van der Waals surface area contributed by atoms with E-state index in [-0.39, 0.29) is 18.1 Å². The molecule has 12 heteroatoms. The zero-order valence-electron chi connectivity index (χ0n) is 17.5. The molecule has 32 heavy (non-hydrogen) atoms. The highest BCUT2D eigenvalue weighted by Gasteiger charge is 2.42. The van der Waals surface area contributed by atoms with E-state index >= 15 is 0 Å². The van der Waals surface area contributed by atoms with Gasteiger partial charge in [0.05, 0.1) is 19.1 Å². The number of halogens is 4. The number of aromatic nitrogens is 1. The van der Waals surface area contributed by atoms with Gasteiger partial charge < -0.3 is 14.8 Å². The van der Waals surface area contributed by atoms with Crippen molar-refractivity contribution in [2.75, 3.05) is 26.0 Å². The second kappa shape index (κ2) is 11.5. The van der Waals surface area contributed by atoms with Crippen LogP contribution in [-0.2, 0) is 21.3 Å². The van der Waals surface area contributed by atoms with E-state index in [1.807, 2.05) is 6.92 Å². The van der Waals surface area contributed by atoms with Crippen LogP contribution in [0.4, 0.5) is 17.6 Å². The van der Waals surface area contributed by atoms with Crippen LogP contribution in [-0.4, -0.2) is 51.7 Å². The second-order valence-corrected chi connectivity index (χ2v) is 8.73. The number of sulfonamides is 1. The number of hydrogen-bond acceptors (Lipinski definition) is 6. The largest absolute Gasteiger partial charge is 0.471 e. The molecule has 2 N–H and O–H groups in total. The summed E-state index contributed by atoms with van der Waals surface area (Å²) < 4.78 is 88.0. The highest BCUT2D eigenvalue weighted by atomic mass is 32.2. The van der Waals surface area contributed by atoms with Crippen molar-refractivity contribution in [3.63, 3.8) is 0 Å². The number of ether oxygens (including phenoxy) is 2. The average Bonchev–Trinajstić information content (AvgIpc) is 2.71. The molecule has 7 nitrogen and oxygen atoms in total. The van der Waals surface area contributed by atoms with Crippen LogP contribution < -0.4 is 14.8 Å². The number of pyridine rings is 1. The fraction of sp³-hybridized carbons (Fsp3) is 0.450. The van der Waals surface area contributed by atoms with Crippen molar-refractivity contribution >= 4 is 10.0 Å². The van der Waals surface area contributed by atoms with E-state index in [2.05, 4.69) is 10.3 Å². The van der Waals surface area contributed by atoms with Gasteiger partial charge in [0.2, 0.25) is 15.9 Å². The first-order valence-corrected chi connectivity index (χ1v) is 11.6. The van der Waals surface area contributed by atoms with Crippen molar-refractivity contribution in [3.8, 4) is 5.88 Å². The predicted molar refractivity (Wildman–Crippen MR) is 110 cm³/mol. The van der Waals surface area contributed by atoms with Crippen molar-refractivity contribution in [1.29, 1.82) is 0 Å². The Morgan fingerprint density at radius 2 is 1.81 bits per heavy atom. The summed E-state index contributed by atoms with van der Waals surface area (Å²) >= 11 is 0. The maximum Gasteiger partial charge on any atom is 0.408 e. The highest BCUT2D eigenvalue weighted by Crippen LogP contribution is 2.33. The summed E-state index contributed by atoms with van der Waals surface area (Å²) in [6.45, 7) is 3.21. The lowest BCUT2D eigenvalue weighted by molar-refractivity contribution is -0.153. The van der Waals surface area contributed by atoms with Crippen LogP contribution >= 0.6 is 0 Å². The zero-order chi connectivity index (χ0) is 23.8. The lowest BCUT2D eigenvalue weighted by atomic mass is 10.1. The molecule has 2 atom stereocenters. The van der Waals surface area contributed by atoms with Crippen molar-refractivity contribution in [1.82, 2.24) is 15.0 Å². The SMILES string of the molecule is CCOC[C@H](CNCc1ccc([C@H](NS(C)(=O)=O)C(F)(F)F)cc1)Oc1ccc(F)cn1. The summed E-state index contributed by atoms with van der Waals surface area (Å²) in [5.74, 6) is -0.251. The molecule has 0 aliphatic carbocycles. The Morgan fingerprint density at radius 3 is 2.34 bits per heavy atom. The van der Waals surface area contributed by atoms with Gasteiger partial charge in [0.25, 0.3) is 0 Å². The van der Waals surface area contributed by atoms with Gasteiger partial charge in [-0.2, -0.15) is 17.9 Å². The lowest BCUT2D eigenvalue weighted by Gasteiger charge is -2.21. The number of nitrogens with one attached hydrogen (secondary N) is 2. The molecule has 2 rings (SSSR count). The summed E-state index contributed by atoms with van der Waals surface area (Å²) in [6.07, 6.45) is -3.50. The molecule has 1 aromatic heterocycles. The molecule has 178 valence electrons. The van der Waals surface area contributed by atoms with Gasteiger partial charge in [0.1, 0.15) is 18.0 Å². The lowest BCUT2D eigenvalue weighted by Crippen LogP contribution is -2.37. The summed E-state index contributed by atoms with van der Waals surface area (Å²) in [7, 11) is -4.06. The van der Waals surface area contributed by atoms with E-state index in [1.165, 1.54) is 36.4 Å². The molecular formula is C20H25F4N3O4S. The number of nitrogens with zero attached hydrogens (tertiary/aromatic N) is 1. The fourth-order valence-electron chi connectivity index (χ4n) is 2.73. The van der Waals surface area contributed by atoms with Gasteiger partial charge in [0, 0.05) is 25.8 Å². The van der Waals surface area contributed by atoms with Gasteiger partial charge in [-0.05, 0) is 24.1 Å². The molecule has 0 unspecified atom stereocenters. The van der Waals surface area contributed by atoms with E-state index in [9.17, 15) is 26.0 Å². The van der Waals surface area contributed by atoms with Crippen molar-refractivity contribution in [2.45, 2.75) is 31.8 Å². The second-order valence-electron chi connectivity index (χ2n) is 6.95. The minimum atomic E-state index is -4.78. The predicted octanol–water partition coefficient (Wildman–Crippen LogP) is 2.95. The van der Waals surface area contributed by atoms with Crippen molar-refractivity contribution in [3.05, 3.63) is 59.5 Å².